The topological polar surface area (TPSA) is 35.8 Å². The van der Waals surface area contributed by atoms with Crippen LogP contribution in [0.5, 0.6) is 0 Å². The first kappa shape index (κ1) is 13.0. The van der Waals surface area contributed by atoms with Crippen molar-refractivity contribution in [2.24, 2.45) is 0 Å². The lowest BCUT2D eigenvalue weighted by molar-refractivity contribution is 1.27. The van der Waals surface area contributed by atoms with Gasteiger partial charge in [-0.1, -0.05) is 31.2 Å². The molecule has 0 aromatic heterocycles. The van der Waals surface area contributed by atoms with E-state index in [1.807, 2.05) is 18.2 Å². The molecule has 16 heavy (non-hydrogen) atoms. The minimum Gasteiger partial charge on any atom is -0.379 e. The number of halogens is 1. The quantitative estimate of drug-likeness (QED) is 0.809. The van der Waals surface area contributed by atoms with Gasteiger partial charge in [-0.05, 0) is 17.9 Å². The highest BCUT2D eigenvalue weighted by Crippen LogP contribution is 2.27. The van der Waals surface area contributed by atoms with Crippen molar-refractivity contribution in [1.29, 1.82) is 5.26 Å². The third-order valence-electron chi connectivity index (χ3n) is 1.91. The molecule has 0 heterocycles. The van der Waals surface area contributed by atoms with Crippen molar-refractivity contribution in [3.8, 4) is 6.07 Å². The zero-order valence-electron chi connectivity index (χ0n) is 9.09. The Hall–Kier alpha value is -1.11. The summed E-state index contributed by atoms with van der Waals surface area (Å²) in [7, 11) is 0. The molecule has 0 aliphatic rings. The summed E-state index contributed by atoms with van der Waals surface area (Å²) in [6, 6.07) is 7.97. The van der Waals surface area contributed by atoms with Crippen molar-refractivity contribution in [3.05, 3.63) is 35.4 Å². The first-order valence-electron chi connectivity index (χ1n) is 4.92. The van der Waals surface area contributed by atoms with E-state index >= 15 is 0 Å². The Morgan fingerprint density at radius 1 is 1.62 bits per heavy atom. The maximum absolute atomic E-state index is 9.13. The van der Waals surface area contributed by atoms with Crippen LogP contribution in [0.4, 0.5) is 5.69 Å². The summed E-state index contributed by atoms with van der Waals surface area (Å²) in [5, 5.41) is 12.8. The van der Waals surface area contributed by atoms with E-state index in [0.717, 1.165) is 16.3 Å². The summed E-state index contributed by atoms with van der Waals surface area (Å²) in [5.74, 6) is 0.945. The van der Waals surface area contributed by atoms with Crippen LogP contribution in [0, 0.1) is 11.3 Å². The molecule has 0 radical (unpaired) electrons. The number of hydrogen-bond donors (Lipinski definition) is 1. The molecule has 0 atom stereocenters. The fourth-order valence-corrected chi connectivity index (χ4v) is 2.11. The minimum atomic E-state index is 0.469. The first-order chi connectivity index (χ1) is 7.69. The van der Waals surface area contributed by atoms with E-state index in [0.29, 0.717) is 17.1 Å². The second-order valence-corrected chi connectivity index (χ2v) is 4.93. The molecule has 0 saturated carbocycles. The molecule has 0 aliphatic heterocycles. The predicted octanol–water partition coefficient (Wildman–Crippen LogP) is 3.83. The summed E-state index contributed by atoms with van der Waals surface area (Å²) in [6.07, 6.45) is 0. The lowest BCUT2D eigenvalue weighted by Crippen LogP contribution is -2.03. The van der Waals surface area contributed by atoms with Crippen molar-refractivity contribution < 1.29 is 0 Å². The molecule has 2 nitrogen and oxygen atoms in total. The van der Waals surface area contributed by atoms with Gasteiger partial charge in [-0.25, -0.2) is 0 Å². The number of rotatable bonds is 5. The van der Waals surface area contributed by atoms with Crippen LogP contribution in [0.2, 0.25) is 0 Å². The Morgan fingerprint density at radius 3 is 2.94 bits per heavy atom. The van der Waals surface area contributed by atoms with Crippen LogP contribution in [0.1, 0.15) is 12.5 Å². The molecule has 1 aromatic carbocycles. The van der Waals surface area contributed by atoms with Gasteiger partial charge in [0.2, 0.25) is 0 Å². The highest BCUT2D eigenvalue weighted by molar-refractivity contribution is 7.99. The number of hydrogen-bond acceptors (Lipinski definition) is 3. The van der Waals surface area contributed by atoms with Crippen LogP contribution in [-0.2, 0) is 0 Å². The highest BCUT2D eigenvalue weighted by Gasteiger charge is 2.07. The smallest absolute Gasteiger partial charge is 0.102 e. The molecule has 0 unspecified atom stereocenters. The fourth-order valence-electron chi connectivity index (χ4n) is 1.26. The van der Waals surface area contributed by atoms with Gasteiger partial charge in [-0.2, -0.15) is 5.26 Å². The van der Waals surface area contributed by atoms with Crippen LogP contribution in [0.25, 0.3) is 0 Å². The number of nitrogens with zero attached hydrogens (tertiary/aromatic N) is 1. The zero-order chi connectivity index (χ0) is 12.0. The number of nitrogens with one attached hydrogen (secondary N) is 1. The Morgan fingerprint density at radius 2 is 2.38 bits per heavy atom. The molecular formula is C12H13ClN2S. The van der Waals surface area contributed by atoms with Gasteiger partial charge in [0.25, 0.3) is 0 Å². The molecular weight excluding hydrogens is 240 g/mol. The molecule has 0 aliphatic carbocycles. The number of benzene rings is 1. The van der Waals surface area contributed by atoms with Crippen molar-refractivity contribution >= 4 is 29.1 Å². The number of thioether (sulfide) groups is 1. The molecule has 0 bridgehead atoms. The van der Waals surface area contributed by atoms with Gasteiger partial charge >= 0.3 is 0 Å². The Kier molecular flexibility index (Phi) is 5.24. The van der Waals surface area contributed by atoms with Gasteiger partial charge in [0.1, 0.15) is 6.07 Å². The molecule has 0 spiro atoms. The maximum atomic E-state index is 9.13. The van der Waals surface area contributed by atoms with Crippen LogP contribution in [0.3, 0.4) is 0 Å². The van der Waals surface area contributed by atoms with Gasteiger partial charge in [0, 0.05) is 9.93 Å². The van der Waals surface area contributed by atoms with E-state index in [4.69, 9.17) is 16.9 Å². The monoisotopic (exact) mass is 252 g/mol. The van der Waals surface area contributed by atoms with Crippen molar-refractivity contribution in [2.75, 3.05) is 17.6 Å². The zero-order valence-corrected chi connectivity index (χ0v) is 10.7. The normalized spacial score (nSPS) is 9.56. The van der Waals surface area contributed by atoms with Crippen LogP contribution < -0.4 is 5.32 Å². The molecule has 1 aromatic rings. The Bertz CT molecular complexity index is 424. The van der Waals surface area contributed by atoms with E-state index in [1.165, 1.54) is 0 Å². The summed E-state index contributed by atoms with van der Waals surface area (Å²) in [6.45, 7) is 6.13. The van der Waals surface area contributed by atoms with Crippen LogP contribution in [0.15, 0.2) is 34.7 Å². The SMILES string of the molecule is C=C(Cl)CNc1cccc(SCC)c1C#N. The lowest BCUT2D eigenvalue weighted by atomic mass is 10.2. The van der Waals surface area contributed by atoms with Gasteiger partial charge in [0.15, 0.2) is 0 Å². The largest absolute Gasteiger partial charge is 0.379 e. The van der Waals surface area contributed by atoms with Gasteiger partial charge in [-0.3, -0.25) is 0 Å². The second-order valence-electron chi connectivity index (χ2n) is 3.09. The summed E-state index contributed by atoms with van der Waals surface area (Å²) in [5.41, 5.74) is 1.48. The maximum Gasteiger partial charge on any atom is 0.102 e. The average Bonchev–Trinajstić information content (AvgIpc) is 2.27. The van der Waals surface area contributed by atoms with Crippen molar-refractivity contribution in [2.45, 2.75) is 11.8 Å². The molecule has 4 heteroatoms. The summed E-state index contributed by atoms with van der Waals surface area (Å²) in [4.78, 5) is 0.996. The molecule has 1 N–H and O–H groups in total. The standard InChI is InChI=1S/C12H13ClN2S/c1-3-16-12-6-4-5-11(10(12)7-14)15-8-9(2)13/h4-6,15H,2-3,8H2,1H3. The van der Waals surface area contributed by atoms with Gasteiger partial charge < -0.3 is 5.32 Å². The first-order valence-corrected chi connectivity index (χ1v) is 6.28. The fraction of sp³-hybridized carbons (Fsp3) is 0.250. The third kappa shape index (κ3) is 3.48. The molecule has 84 valence electrons. The van der Waals surface area contributed by atoms with E-state index in [1.54, 1.807) is 11.8 Å². The van der Waals surface area contributed by atoms with Crippen molar-refractivity contribution in [3.63, 3.8) is 0 Å². The van der Waals surface area contributed by atoms with E-state index in [2.05, 4.69) is 24.9 Å². The van der Waals surface area contributed by atoms with E-state index in [-0.39, 0.29) is 0 Å². The summed E-state index contributed by atoms with van der Waals surface area (Å²) >= 11 is 7.34. The lowest BCUT2D eigenvalue weighted by Gasteiger charge is -2.10. The minimum absolute atomic E-state index is 0.469. The molecule has 0 amide bonds. The summed E-state index contributed by atoms with van der Waals surface area (Å²) < 4.78 is 0. The van der Waals surface area contributed by atoms with Gasteiger partial charge in [0.05, 0.1) is 17.8 Å². The van der Waals surface area contributed by atoms with Crippen molar-refractivity contribution in [1.82, 2.24) is 0 Å². The van der Waals surface area contributed by atoms with Crippen LogP contribution >= 0.6 is 23.4 Å². The molecule has 0 fully saturated rings. The van der Waals surface area contributed by atoms with Crippen LogP contribution in [-0.4, -0.2) is 12.3 Å². The highest BCUT2D eigenvalue weighted by atomic mass is 35.5. The Balaban J connectivity index is 2.95. The second kappa shape index (κ2) is 6.47. The van der Waals surface area contributed by atoms with Gasteiger partial charge in [-0.15, -0.1) is 11.8 Å². The number of nitriles is 1. The average molecular weight is 253 g/mol. The van der Waals surface area contributed by atoms with E-state index < -0.39 is 0 Å². The number of anilines is 1. The predicted molar refractivity (Wildman–Crippen MR) is 71.0 cm³/mol. The Labute approximate surface area is 105 Å². The molecule has 1 rings (SSSR count). The van der Waals surface area contributed by atoms with E-state index in [9.17, 15) is 0 Å². The third-order valence-corrected chi connectivity index (χ3v) is 2.98. The molecule has 0 saturated heterocycles.